The van der Waals surface area contributed by atoms with Gasteiger partial charge in [0.2, 0.25) is 5.91 Å². The topological polar surface area (TPSA) is 73.9 Å². The summed E-state index contributed by atoms with van der Waals surface area (Å²) >= 11 is 0. The van der Waals surface area contributed by atoms with Crippen molar-refractivity contribution in [3.8, 4) is 5.75 Å². The van der Waals surface area contributed by atoms with Crippen LogP contribution >= 0.6 is 0 Å². The molecule has 7 heteroatoms. The van der Waals surface area contributed by atoms with Crippen molar-refractivity contribution in [3.63, 3.8) is 0 Å². The van der Waals surface area contributed by atoms with Crippen LogP contribution < -0.4 is 15.4 Å². The Bertz CT molecular complexity index is 947. The zero-order chi connectivity index (χ0) is 25.9. The van der Waals surface area contributed by atoms with E-state index in [0.717, 1.165) is 44.8 Å². The summed E-state index contributed by atoms with van der Waals surface area (Å²) in [4.78, 5) is 30.3. The number of hydrogen-bond acceptors (Lipinski definition) is 5. The van der Waals surface area contributed by atoms with E-state index in [1.54, 1.807) is 12.1 Å². The van der Waals surface area contributed by atoms with Crippen LogP contribution in [0.1, 0.15) is 49.0 Å². The Morgan fingerprint density at radius 3 is 2.47 bits per heavy atom. The minimum atomic E-state index is -0.544. The zero-order valence-electron chi connectivity index (χ0n) is 22.2. The number of carbonyl (C=O) groups is 2. The van der Waals surface area contributed by atoms with Crippen LogP contribution in [0.3, 0.4) is 0 Å². The summed E-state index contributed by atoms with van der Waals surface area (Å²) in [6.45, 7) is 8.43. The number of carbonyl (C=O) groups excluding carboxylic acids is 2. The lowest BCUT2D eigenvalue weighted by molar-refractivity contribution is -0.124. The molecule has 1 fully saturated rings. The molecule has 1 heterocycles. The maximum Gasteiger partial charge on any atom is 0.251 e. The maximum absolute atomic E-state index is 13.1. The molecule has 1 aliphatic rings. The normalized spacial score (nSPS) is 16.8. The SMILES string of the molecule is CC(C)C[C@H](NC(=O)c1ccccc1)C(=O)N[C@H]1CCN(Cc2ccc(OCCCN(C)C)cc2)C1. The van der Waals surface area contributed by atoms with Gasteiger partial charge in [0, 0.05) is 37.8 Å². The van der Waals surface area contributed by atoms with Crippen LogP contribution in [-0.2, 0) is 11.3 Å². The predicted molar refractivity (Wildman–Crippen MR) is 144 cm³/mol. The highest BCUT2D eigenvalue weighted by Crippen LogP contribution is 2.18. The van der Waals surface area contributed by atoms with E-state index in [1.165, 1.54) is 5.56 Å². The number of nitrogens with zero attached hydrogens (tertiary/aromatic N) is 2. The average molecular weight is 495 g/mol. The molecule has 2 amide bonds. The minimum Gasteiger partial charge on any atom is -0.494 e. The fourth-order valence-corrected chi connectivity index (χ4v) is 4.45. The van der Waals surface area contributed by atoms with Gasteiger partial charge in [-0.3, -0.25) is 14.5 Å². The molecule has 0 aromatic heterocycles. The molecule has 1 aliphatic heterocycles. The number of benzene rings is 2. The molecule has 1 saturated heterocycles. The second-order valence-corrected chi connectivity index (χ2v) is 10.4. The van der Waals surface area contributed by atoms with Crippen LogP contribution in [-0.4, -0.2) is 74.0 Å². The third-order valence-electron chi connectivity index (χ3n) is 6.33. The Hall–Kier alpha value is -2.90. The van der Waals surface area contributed by atoms with Crippen molar-refractivity contribution < 1.29 is 14.3 Å². The van der Waals surface area contributed by atoms with E-state index in [2.05, 4.69) is 60.5 Å². The van der Waals surface area contributed by atoms with Crippen molar-refractivity contribution in [1.82, 2.24) is 20.4 Å². The molecule has 0 spiro atoms. The third kappa shape index (κ3) is 9.28. The first-order valence-corrected chi connectivity index (χ1v) is 13.0. The van der Waals surface area contributed by atoms with Crippen molar-refractivity contribution in [2.24, 2.45) is 5.92 Å². The number of amides is 2. The van der Waals surface area contributed by atoms with Crippen LogP contribution in [0.4, 0.5) is 0 Å². The quantitative estimate of drug-likeness (QED) is 0.417. The average Bonchev–Trinajstić information content (AvgIpc) is 3.29. The molecule has 0 radical (unpaired) electrons. The van der Waals surface area contributed by atoms with E-state index < -0.39 is 6.04 Å². The van der Waals surface area contributed by atoms with Crippen molar-refractivity contribution in [3.05, 3.63) is 65.7 Å². The predicted octanol–water partition coefficient (Wildman–Crippen LogP) is 3.55. The number of hydrogen-bond donors (Lipinski definition) is 2. The number of ether oxygens (including phenoxy) is 1. The van der Waals surface area contributed by atoms with Gasteiger partial charge in [0.15, 0.2) is 0 Å². The van der Waals surface area contributed by atoms with Crippen molar-refractivity contribution in [2.75, 3.05) is 40.3 Å². The number of likely N-dealkylation sites (tertiary alicyclic amines) is 1. The van der Waals surface area contributed by atoms with Gasteiger partial charge in [-0.25, -0.2) is 0 Å². The van der Waals surface area contributed by atoms with Crippen molar-refractivity contribution >= 4 is 11.8 Å². The summed E-state index contributed by atoms with van der Waals surface area (Å²) in [6.07, 6.45) is 2.51. The summed E-state index contributed by atoms with van der Waals surface area (Å²) in [5.41, 5.74) is 1.80. The first-order valence-electron chi connectivity index (χ1n) is 13.0. The van der Waals surface area contributed by atoms with Gasteiger partial charge >= 0.3 is 0 Å². The third-order valence-corrected chi connectivity index (χ3v) is 6.33. The zero-order valence-corrected chi connectivity index (χ0v) is 22.2. The summed E-state index contributed by atoms with van der Waals surface area (Å²) < 4.78 is 5.83. The second-order valence-electron chi connectivity index (χ2n) is 10.4. The molecule has 0 bridgehead atoms. The summed E-state index contributed by atoms with van der Waals surface area (Å²) in [5.74, 6) is 0.875. The fraction of sp³-hybridized carbons (Fsp3) is 0.517. The Morgan fingerprint density at radius 1 is 1.08 bits per heavy atom. The van der Waals surface area contributed by atoms with Crippen LogP contribution in [0.5, 0.6) is 5.75 Å². The van der Waals surface area contributed by atoms with Gasteiger partial charge < -0.3 is 20.3 Å². The van der Waals surface area contributed by atoms with E-state index in [9.17, 15) is 9.59 Å². The van der Waals surface area contributed by atoms with E-state index in [0.29, 0.717) is 18.6 Å². The Morgan fingerprint density at radius 2 is 1.81 bits per heavy atom. The minimum absolute atomic E-state index is 0.0834. The highest BCUT2D eigenvalue weighted by Gasteiger charge is 2.28. The molecule has 7 nitrogen and oxygen atoms in total. The Balaban J connectivity index is 1.46. The molecular weight excluding hydrogens is 452 g/mol. The molecule has 0 saturated carbocycles. The second kappa shape index (κ2) is 14.0. The van der Waals surface area contributed by atoms with Crippen LogP contribution in [0.15, 0.2) is 54.6 Å². The van der Waals surface area contributed by atoms with E-state index in [-0.39, 0.29) is 23.8 Å². The molecular formula is C29H42N4O3. The van der Waals surface area contributed by atoms with Gasteiger partial charge in [0.05, 0.1) is 6.61 Å². The summed E-state index contributed by atoms with van der Waals surface area (Å²) in [5, 5.41) is 6.12. The van der Waals surface area contributed by atoms with Gasteiger partial charge in [-0.2, -0.15) is 0 Å². The number of rotatable bonds is 13. The van der Waals surface area contributed by atoms with Crippen molar-refractivity contribution in [2.45, 2.75) is 51.7 Å². The lowest BCUT2D eigenvalue weighted by Gasteiger charge is -2.23. The molecule has 36 heavy (non-hydrogen) atoms. The van der Waals surface area contributed by atoms with Gasteiger partial charge in [0.25, 0.3) is 5.91 Å². The summed E-state index contributed by atoms with van der Waals surface area (Å²) in [7, 11) is 4.13. The number of nitrogens with one attached hydrogen (secondary N) is 2. The Kier molecular flexibility index (Phi) is 10.8. The van der Waals surface area contributed by atoms with E-state index in [4.69, 9.17) is 4.74 Å². The fourth-order valence-electron chi connectivity index (χ4n) is 4.45. The molecule has 2 atom stereocenters. The smallest absolute Gasteiger partial charge is 0.251 e. The molecule has 196 valence electrons. The molecule has 2 aromatic carbocycles. The van der Waals surface area contributed by atoms with Gasteiger partial charge in [0.1, 0.15) is 11.8 Å². The molecule has 0 unspecified atom stereocenters. The van der Waals surface area contributed by atoms with Crippen LogP contribution in [0.2, 0.25) is 0 Å². The monoisotopic (exact) mass is 494 g/mol. The first kappa shape index (κ1) is 27.7. The Labute approximate surface area is 216 Å². The van der Waals surface area contributed by atoms with Gasteiger partial charge in [-0.05, 0) is 69.1 Å². The first-order chi connectivity index (χ1) is 17.3. The highest BCUT2D eigenvalue weighted by molar-refractivity contribution is 5.97. The van der Waals surface area contributed by atoms with Gasteiger partial charge in [-0.1, -0.05) is 44.2 Å². The highest BCUT2D eigenvalue weighted by atomic mass is 16.5. The van der Waals surface area contributed by atoms with E-state index >= 15 is 0 Å². The molecule has 2 N–H and O–H groups in total. The lowest BCUT2D eigenvalue weighted by atomic mass is 10.0. The largest absolute Gasteiger partial charge is 0.494 e. The standard InChI is InChI=1S/C29H42N4O3/c1-22(2)19-27(31-28(34)24-9-6-5-7-10-24)29(35)30-25-15-17-33(21-25)20-23-11-13-26(14-12-23)36-18-8-16-32(3)4/h5-7,9-14,22,25,27H,8,15-21H2,1-4H3,(H,30,35)(H,31,34)/t25-,27-/m0/s1. The molecule has 2 aromatic rings. The van der Waals surface area contributed by atoms with Crippen LogP contribution in [0.25, 0.3) is 0 Å². The molecule has 3 rings (SSSR count). The van der Waals surface area contributed by atoms with Crippen LogP contribution in [0, 0.1) is 5.92 Å². The molecule has 0 aliphatic carbocycles. The van der Waals surface area contributed by atoms with Crippen molar-refractivity contribution in [1.29, 1.82) is 0 Å². The maximum atomic E-state index is 13.1. The van der Waals surface area contributed by atoms with Gasteiger partial charge in [-0.15, -0.1) is 0 Å². The lowest BCUT2D eigenvalue weighted by Crippen LogP contribution is -2.50. The summed E-state index contributed by atoms with van der Waals surface area (Å²) in [6, 6.07) is 16.9. The van der Waals surface area contributed by atoms with E-state index in [1.807, 2.05) is 30.3 Å².